The molecule has 166 valence electrons. The third-order valence-electron chi connectivity index (χ3n) is 6.06. The molecule has 6 nitrogen and oxygen atoms in total. The summed E-state index contributed by atoms with van der Waals surface area (Å²) in [6.45, 7) is 5.84. The summed E-state index contributed by atoms with van der Waals surface area (Å²) < 4.78 is 24.1. The Kier molecular flexibility index (Phi) is 6.92. The van der Waals surface area contributed by atoms with Crippen LogP contribution in [0.5, 0.6) is 11.5 Å². The number of benzene rings is 2. The summed E-state index contributed by atoms with van der Waals surface area (Å²) in [5.74, 6) is 1.30. The van der Waals surface area contributed by atoms with E-state index in [1.165, 1.54) is 12.1 Å². The molecule has 0 bridgehead atoms. The molecule has 0 unspecified atom stereocenters. The summed E-state index contributed by atoms with van der Waals surface area (Å²) in [6, 6.07) is 12.4. The zero-order valence-corrected chi connectivity index (χ0v) is 18.0. The average molecular weight is 428 g/mol. The minimum absolute atomic E-state index is 0.0506. The number of halogens is 1. The van der Waals surface area contributed by atoms with E-state index in [9.17, 15) is 9.18 Å². The van der Waals surface area contributed by atoms with E-state index < -0.39 is 0 Å². The molecule has 0 aliphatic carbocycles. The number of nitrogens with one attached hydrogen (secondary N) is 1. The molecule has 2 aromatic carbocycles. The monoisotopic (exact) mass is 427 g/mol. The van der Waals surface area contributed by atoms with Crippen molar-refractivity contribution in [2.24, 2.45) is 5.92 Å². The van der Waals surface area contributed by atoms with Crippen molar-refractivity contribution in [3.05, 3.63) is 53.8 Å². The van der Waals surface area contributed by atoms with Gasteiger partial charge in [-0.1, -0.05) is 0 Å². The van der Waals surface area contributed by atoms with Crippen LogP contribution in [0, 0.1) is 11.7 Å². The number of hydrogen-bond donors (Lipinski definition) is 1. The predicted octanol–water partition coefficient (Wildman–Crippen LogP) is 2.71. The number of rotatable bonds is 7. The molecule has 1 amide bonds. The quantitative estimate of drug-likeness (QED) is 0.689. The van der Waals surface area contributed by atoms with Gasteiger partial charge in [-0.2, -0.15) is 0 Å². The Morgan fingerprint density at radius 3 is 2.68 bits per heavy atom. The van der Waals surface area contributed by atoms with Gasteiger partial charge in [0.2, 0.25) is 5.91 Å². The van der Waals surface area contributed by atoms with E-state index in [2.05, 4.69) is 15.1 Å². The second kappa shape index (κ2) is 10.0. The van der Waals surface area contributed by atoms with Crippen LogP contribution in [-0.4, -0.2) is 63.8 Å². The fraction of sp³-hybridized carbons (Fsp3) is 0.458. The highest BCUT2D eigenvalue weighted by Gasteiger charge is 2.26. The van der Waals surface area contributed by atoms with Gasteiger partial charge in [-0.15, -0.1) is 0 Å². The lowest BCUT2D eigenvalue weighted by Crippen LogP contribution is -2.47. The highest BCUT2D eigenvalue weighted by atomic mass is 19.1. The maximum Gasteiger partial charge on any atom is 0.226 e. The van der Waals surface area contributed by atoms with E-state index in [0.717, 1.165) is 61.9 Å². The van der Waals surface area contributed by atoms with Crippen molar-refractivity contribution in [2.45, 2.75) is 12.8 Å². The number of anilines is 1. The largest absolute Gasteiger partial charge is 0.497 e. The number of nitrogens with zero attached hydrogens (tertiary/aromatic N) is 2. The van der Waals surface area contributed by atoms with E-state index in [4.69, 9.17) is 9.47 Å². The van der Waals surface area contributed by atoms with Crippen molar-refractivity contribution in [1.29, 1.82) is 0 Å². The number of piperazine rings is 1. The molecule has 7 heteroatoms. The molecule has 0 spiro atoms. The van der Waals surface area contributed by atoms with E-state index in [-0.39, 0.29) is 17.6 Å². The first kappa shape index (κ1) is 21.4. The maximum absolute atomic E-state index is 13.1. The Hall–Kier alpha value is -2.80. The van der Waals surface area contributed by atoms with Crippen LogP contribution < -0.4 is 19.7 Å². The summed E-state index contributed by atoms with van der Waals surface area (Å²) in [7, 11) is 1.64. The molecule has 0 aromatic heterocycles. The highest BCUT2D eigenvalue weighted by molar-refractivity contribution is 5.79. The molecule has 1 N–H and O–H groups in total. The Labute approximate surface area is 182 Å². The van der Waals surface area contributed by atoms with Crippen molar-refractivity contribution in [3.63, 3.8) is 0 Å². The molecule has 2 aromatic rings. The topological polar surface area (TPSA) is 54.0 Å². The molecule has 31 heavy (non-hydrogen) atoms. The smallest absolute Gasteiger partial charge is 0.226 e. The Morgan fingerprint density at radius 1 is 1.16 bits per heavy atom. The van der Waals surface area contributed by atoms with Gasteiger partial charge in [0.1, 0.15) is 23.9 Å². The second-order valence-electron chi connectivity index (χ2n) is 8.14. The molecule has 4 rings (SSSR count). The van der Waals surface area contributed by atoms with Gasteiger partial charge in [0.15, 0.2) is 0 Å². The fourth-order valence-electron chi connectivity index (χ4n) is 4.21. The number of carbonyl (C=O) groups is 1. The normalized spacial score (nSPS) is 18.8. The van der Waals surface area contributed by atoms with Gasteiger partial charge in [-0.25, -0.2) is 4.39 Å². The molecular formula is C24H30FN3O3. The molecule has 0 saturated carbocycles. The van der Waals surface area contributed by atoms with Crippen molar-refractivity contribution in [3.8, 4) is 11.5 Å². The third kappa shape index (κ3) is 5.47. The lowest BCUT2D eigenvalue weighted by atomic mass is 9.96. The Balaban J connectivity index is 1.15. The van der Waals surface area contributed by atoms with Gasteiger partial charge < -0.3 is 19.7 Å². The van der Waals surface area contributed by atoms with E-state index >= 15 is 0 Å². The van der Waals surface area contributed by atoms with Crippen LogP contribution in [0.1, 0.15) is 12.0 Å². The van der Waals surface area contributed by atoms with Crippen LogP contribution in [0.4, 0.5) is 10.1 Å². The molecule has 0 radical (unpaired) electrons. The summed E-state index contributed by atoms with van der Waals surface area (Å²) in [5.41, 5.74) is 2.09. The van der Waals surface area contributed by atoms with Gasteiger partial charge in [-0.05, 0) is 67.4 Å². The van der Waals surface area contributed by atoms with Crippen molar-refractivity contribution >= 4 is 11.6 Å². The molecular weight excluding hydrogens is 397 g/mol. The standard InChI is InChI=1S/C24H30FN3O3/c1-30-22-7-8-23-18(16-22)15-19(17-31-23)24(29)26-9-2-10-27-11-13-28(14-12-27)21-5-3-20(25)4-6-21/h3-8,16,19H,2,9-15,17H2,1H3,(H,26,29)/t19-/m0/s1. The van der Waals surface area contributed by atoms with Crippen LogP contribution in [0.15, 0.2) is 42.5 Å². The van der Waals surface area contributed by atoms with E-state index in [1.807, 2.05) is 30.3 Å². The van der Waals surface area contributed by atoms with Crippen LogP contribution in [0.3, 0.4) is 0 Å². The van der Waals surface area contributed by atoms with Gasteiger partial charge in [0.05, 0.1) is 13.0 Å². The van der Waals surface area contributed by atoms with Crippen molar-refractivity contribution in [1.82, 2.24) is 10.2 Å². The average Bonchev–Trinajstić information content (AvgIpc) is 2.82. The molecule has 2 aliphatic heterocycles. The van der Waals surface area contributed by atoms with Gasteiger partial charge in [-0.3, -0.25) is 9.69 Å². The molecule has 1 atom stereocenters. The van der Waals surface area contributed by atoms with Crippen molar-refractivity contribution in [2.75, 3.05) is 57.9 Å². The van der Waals surface area contributed by atoms with Crippen LogP contribution >= 0.6 is 0 Å². The Morgan fingerprint density at radius 2 is 1.94 bits per heavy atom. The first-order chi connectivity index (χ1) is 15.1. The lowest BCUT2D eigenvalue weighted by molar-refractivity contribution is -0.126. The summed E-state index contributed by atoms with van der Waals surface area (Å²) >= 11 is 0. The summed E-state index contributed by atoms with van der Waals surface area (Å²) in [4.78, 5) is 17.3. The summed E-state index contributed by atoms with van der Waals surface area (Å²) in [6.07, 6.45) is 1.59. The van der Waals surface area contributed by atoms with Gasteiger partial charge >= 0.3 is 0 Å². The first-order valence-corrected chi connectivity index (χ1v) is 10.9. The van der Waals surface area contributed by atoms with Crippen molar-refractivity contribution < 1.29 is 18.7 Å². The summed E-state index contributed by atoms with van der Waals surface area (Å²) in [5, 5.41) is 3.07. The van der Waals surface area contributed by atoms with Crippen LogP contribution in [0.2, 0.25) is 0 Å². The number of methoxy groups -OCH3 is 1. The second-order valence-corrected chi connectivity index (χ2v) is 8.14. The number of ether oxygens (including phenoxy) is 2. The number of hydrogen-bond acceptors (Lipinski definition) is 5. The maximum atomic E-state index is 13.1. The minimum Gasteiger partial charge on any atom is -0.497 e. The molecule has 2 aliphatic rings. The number of amides is 1. The molecule has 2 heterocycles. The van der Waals surface area contributed by atoms with E-state index in [0.29, 0.717) is 19.6 Å². The van der Waals surface area contributed by atoms with Crippen LogP contribution in [-0.2, 0) is 11.2 Å². The lowest BCUT2D eigenvalue weighted by Gasteiger charge is -2.36. The Bertz CT molecular complexity index is 882. The van der Waals surface area contributed by atoms with Crippen LogP contribution in [0.25, 0.3) is 0 Å². The van der Waals surface area contributed by atoms with E-state index in [1.54, 1.807) is 7.11 Å². The molecule has 1 fully saturated rings. The highest BCUT2D eigenvalue weighted by Crippen LogP contribution is 2.30. The zero-order chi connectivity index (χ0) is 21.6. The SMILES string of the molecule is COc1ccc2c(c1)C[C@H](C(=O)NCCCN1CCN(c3ccc(F)cc3)CC1)CO2. The fourth-order valence-corrected chi connectivity index (χ4v) is 4.21. The number of fused-ring (bicyclic) bond motifs is 1. The molecule has 1 saturated heterocycles. The van der Waals surface area contributed by atoms with Gasteiger partial charge in [0.25, 0.3) is 0 Å². The minimum atomic E-state index is -0.201. The first-order valence-electron chi connectivity index (χ1n) is 10.9. The predicted molar refractivity (Wildman–Crippen MR) is 118 cm³/mol. The van der Waals surface area contributed by atoms with Gasteiger partial charge in [0, 0.05) is 38.4 Å². The number of carbonyl (C=O) groups excluding carboxylic acids is 1. The zero-order valence-electron chi connectivity index (χ0n) is 18.0. The third-order valence-corrected chi connectivity index (χ3v) is 6.06.